The molecular weight excluding hydrogens is 256 g/mol. The van der Waals surface area contributed by atoms with Crippen LogP contribution in [0, 0.1) is 5.92 Å². The van der Waals surface area contributed by atoms with Crippen LogP contribution in [0.25, 0.3) is 0 Å². The minimum Gasteiger partial charge on any atom is -0.480 e. The first-order valence-corrected chi connectivity index (χ1v) is 7.91. The van der Waals surface area contributed by atoms with Crippen molar-refractivity contribution < 1.29 is 14.7 Å². The number of rotatable bonds is 6. The molecule has 1 atom stereocenters. The zero-order chi connectivity index (χ0) is 14.4. The summed E-state index contributed by atoms with van der Waals surface area (Å²) in [4.78, 5) is 25.6. The molecular formula is C15H26N2O3. The number of hydrogen-bond acceptors (Lipinski definition) is 3. The molecule has 1 unspecified atom stereocenters. The lowest BCUT2D eigenvalue weighted by Gasteiger charge is -2.28. The molecule has 0 aromatic rings. The van der Waals surface area contributed by atoms with Crippen LogP contribution in [0.3, 0.4) is 0 Å². The topological polar surface area (TPSA) is 69.6 Å². The normalized spacial score (nSPS) is 22.6. The number of carbonyl (C=O) groups is 2. The Bertz CT molecular complexity index is 334. The fourth-order valence-electron chi connectivity index (χ4n) is 3.36. The average Bonchev–Trinajstić information content (AvgIpc) is 2.96. The largest absolute Gasteiger partial charge is 0.480 e. The molecule has 1 aliphatic carbocycles. The predicted molar refractivity (Wildman–Crippen MR) is 76.4 cm³/mol. The van der Waals surface area contributed by atoms with Gasteiger partial charge in [-0.1, -0.05) is 19.3 Å². The first-order chi connectivity index (χ1) is 9.66. The number of nitrogens with one attached hydrogen (secondary N) is 1. The molecule has 2 rings (SSSR count). The number of amides is 1. The van der Waals surface area contributed by atoms with Crippen molar-refractivity contribution in [1.29, 1.82) is 0 Å². The zero-order valence-corrected chi connectivity index (χ0v) is 12.1. The average molecular weight is 282 g/mol. The summed E-state index contributed by atoms with van der Waals surface area (Å²) in [5, 5.41) is 12.1. The van der Waals surface area contributed by atoms with Crippen LogP contribution in [0.15, 0.2) is 0 Å². The van der Waals surface area contributed by atoms with E-state index in [4.69, 9.17) is 0 Å². The SMILES string of the molecule is O=C(CCN1CCCC1)NC(C(=O)O)C1CCCCC1. The Kier molecular flexibility index (Phi) is 5.83. The fraction of sp³-hybridized carbons (Fsp3) is 0.867. The summed E-state index contributed by atoms with van der Waals surface area (Å²) in [7, 11) is 0. The van der Waals surface area contributed by atoms with Gasteiger partial charge >= 0.3 is 5.97 Å². The summed E-state index contributed by atoms with van der Waals surface area (Å²) in [5.74, 6) is -0.890. The zero-order valence-electron chi connectivity index (χ0n) is 12.1. The summed E-state index contributed by atoms with van der Waals surface area (Å²) in [6.07, 6.45) is 8.02. The quantitative estimate of drug-likeness (QED) is 0.777. The van der Waals surface area contributed by atoms with Gasteiger partial charge in [0, 0.05) is 13.0 Å². The van der Waals surface area contributed by atoms with E-state index < -0.39 is 12.0 Å². The van der Waals surface area contributed by atoms with Gasteiger partial charge in [-0.2, -0.15) is 0 Å². The van der Waals surface area contributed by atoms with E-state index >= 15 is 0 Å². The lowest BCUT2D eigenvalue weighted by molar-refractivity contribution is -0.143. The van der Waals surface area contributed by atoms with Gasteiger partial charge in [-0.15, -0.1) is 0 Å². The van der Waals surface area contributed by atoms with Crippen molar-refractivity contribution in [2.45, 2.75) is 57.4 Å². The molecule has 2 aliphatic rings. The van der Waals surface area contributed by atoms with Crippen molar-refractivity contribution in [2.24, 2.45) is 5.92 Å². The molecule has 1 saturated carbocycles. The van der Waals surface area contributed by atoms with E-state index in [0.29, 0.717) is 6.42 Å². The van der Waals surface area contributed by atoms with Gasteiger partial charge in [0.25, 0.3) is 0 Å². The Balaban J connectivity index is 1.77. The molecule has 5 heteroatoms. The molecule has 1 aliphatic heterocycles. The summed E-state index contributed by atoms with van der Waals surface area (Å²) in [6.45, 7) is 2.89. The Hall–Kier alpha value is -1.10. The Morgan fingerprint density at radius 3 is 2.35 bits per heavy atom. The highest BCUT2D eigenvalue weighted by Crippen LogP contribution is 2.26. The fourth-order valence-corrected chi connectivity index (χ4v) is 3.36. The summed E-state index contributed by atoms with van der Waals surface area (Å²) >= 11 is 0. The maximum atomic E-state index is 12.0. The second-order valence-electron chi connectivity index (χ2n) is 6.08. The minimum atomic E-state index is -0.883. The standard InChI is InChI=1S/C15H26N2O3/c18-13(8-11-17-9-4-5-10-17)16-14(15(19)20)12-6-2-1-3-7-12/h12,14H,1-11H2,(H,16,18)(H,19,20). The monoisotopic (exact) mass is 282 g/mol. The van der Waals surface area contributed by atoms with Crippen molar-refractivity contribution in [2.75, 3.05) is 19.6 Å². The van der Waals surface area contributed by atoms with Crippen molar-refractivity contribution >= 4 is 11.9 Å². The van der Waals surface area contributed by atoms with E-state index in [0.717, 1.165) is 45.3 Å². The maximum absolute atomic E-state index is 12.0. The lowest BCUT2D eigenvalue weighted by atomic mass is 9.84. The second kappa shape index (κ2) is 7.62. The first-order valence-electron chi connectivity index (χ1n) is 7.91. The third kappa shape index (κ3) is 4.47. The van der Waals surface area contributed by atoms with Gasteiger partial charge in [0.15, 0.2) is 0 Å². The van der Waals surface area contributed by atoms with Crippen molar-refractivity contribution in [3.63, 3.8) is 0 Å². The molecule has 2 N–H and O–H groups in total. The molecule has 0 aromatic heterocycles. The molecule has 1 heterocycles. The van der Waals surface area contributed by atoms with Gasteiger partial charge in [0.05, 0.1) is 0 Å². The molecule has 2 fully saturated rings. The number of nitrogens with zero attached hydrogens (tertiary/aromatic N) is 1. The number of hydrogen-bond donors (Lipinski definition) is 2. The molecule has 1 saturated heterocycles. The molecule has 0 bridgehead atoms. The van der Waals surface area contributed by atoms with Crippen LogP contribution in [0.5, 0.6) is 0 Å². The molecule has 5 nitrogen and oxygen atoms in total. The molecule has 114 valence electrons. The Labute approximate surface area is 120 Å². The van der Waals surface area contributed by atoms with E-state index in [1.807, 2.05) is 0 Å². The van der Waals surface area contributed by atoms with E-state index in [1.165, 1.54) is 19.3 Å². The van der Waals surface area contributed by atoms with Crippen LogP contribution in [-0.4, -0.2) is 47.6 Å². The van der Waals surface area contributed by atoms with Crippen LogP contribution in [-0.2, 0) is 9.59 Å². The van der Waals surface area contributed by atoms with Gasteiger partial charge in [0.1, 0.15) is 6.04 Å². The van der Waals surface area contributed by atoms with Crippen LogP contribution in [0.1, 0.15) is 51.4 Å². The number of carbonyl (C=O) groups excluding carboxylic acids is 1. The number of likely N-dealkylation sites (tertiary alicyclic amines) is 1. The van der Waals surface area contributed by atoms with E-state index in [2.05, 4.69) is 10.2 Å². The Morgan fingerprint density at radius 1 is 1.10 bits per heavy atom. The molecule has 1 amide bonds. The van der Waals surface area contributed by atoms with Crippen LogP contribution < -0.4 is 5.32 Å². The van der Waals surface area contributed by atoms with E-state index in [1.54, 1.807) is 0 Å². The van der Waals surface area contributed by atoms with Gasteiger partial charge < -0.3 is 15.3 Å². The number of aliphatic carboxylic acids is 1. The third-order valence-corrected chi connectivity index (χ3v) is 4.56. The van der Waals surface area contributed by atoms with Gasteiger partial charge in [0.2, 0.25) is 5.91 Å². The highest BCUT2D eigenvalue weighted by atomic mass is 16.4. The van der Waals surface area contributed by atoms with Crippen molar-refractivity contribution in [3.05, 3.63) is 0 Å². The smallest absolute Gasteiger partial charge is 0.326 e. The van der Waals surface area contributed by atoms with Crippen molar-refractivity contribution in [1.82, 2.24) is 10.2 Å². The van der Waals surface area contributed by atoms with Gasteiger partial charge in [-0.25, -0.2) is 4.79 Å². The lowest BCUT2D eigenvalue weighted by Crippen LogP contribution is -2.47. The van der Waals surface area contributed by atoms with Gasteiger partial charge in [-0.05, 0) is 44.7 Å². The van der Waals surface area contributed by atoms with Crippen molar-refractivity contribution in [3.8, 4) is 0 Å². The summed E-state index contributed by atoms with van der Waals surface area (Å²) in [5.41, 5.74) is 0. The molecule has 0 radical (unpaired) electrons. The molecule has 0 aromatic carbocycles. The van der Waals surface area contributed by atoms with Gasteiger partial charge in [-0.3, -0.25) is 4.79 Å². The third-order valence-electron chi connectivity index (χ3n) is 4.56. The van der Waals surface area contributed by atoms with Crippen LogP contribution in [0.4, 0.5) is 0 Å². The van der Waals surface area contributed by atoms with E-state index in [-0.39, 0.29) is 11.8 Å². The second-order valence-corrected chi connectivity index (χ2v) is 6.08. The maximum Gasteiger partial charge on any atom is 0.326 e. The predicted octanol–water partition coefficient (Wildman–Crippen LogP) is 1.62. The summed E-state index contributed by atoms with van der Waals surface area (Å²) < 4.78 is 0. The van der Waals surface area contributed by atoms with E-state index in [9.17, 15) is 14.7 Å². The molecule has 0 spiro atoms. The number of carboxylic acid groups (broad SMARTS) is 1. The Morgan fingerprint density at radius 2 is 1.75 bits per heavy atom. The summed E-state index contributed by atoms with van der Waals surface area (Å²) in [6, 6.07) is -0.693. The van der Waals surface area contributed by atoms with Crippen LogP contribution in [0.2, 0.25) is 0 Å². The van der Waals surface area contributed by atoms with Crippen LogP contribution >= 0.6 is 0 Å². The first kappa shape index (κ1) is 15.3. The molecule has 20 heavy (non-hydrogen) atoms. The minimum absolute atomic E-state index is 0.108. The highest BCUT2D eigenvalue weighted by molar-refractivity contribution is 5.83. The highest BCUT2D eigenvalue weighted by Gasteiger charge is 2.30. The number of carboxylic acids is 1.